The van der Waals surface area contributed by atoms with Crippen LogP contribution in [0.25, 0.3) is 11.4 Å². The molecule has 7 nitrogen and oxygen atoms in total. The number of nitrogens with one attached hydrogen (secondary N) is 1. The second kappa shape index (κ2) is 8.40. The van der Waals surface area contributed by atoms with Gasteiger partial charge in [-0.25, -0.2) is 19.6 Å². The minimum atomic E-state index is -5.06. The molecule has 34 heavy (non-hydrogen) atoms. The summed E-state index contributed by atoms with van der Waals surface area (Å²) in [5, 5.41) is 3.51. The summed E-state index contributed by atoms with van der Waals surface area (Å²) in [6.45, 7) is 1.52. The van der Waals surface area contributed by atoms with E-state index in [0.29, 0.717) is 6.08 Å². The molecule has 1 aliphatic heterocycles. The second-order valence-electron chi connectivity index (χ2n) is 7.04. The highest BCUT2D eigenvalue weighted by molar-refractivity contribution is 6.34. The summed E-state index contributed by atoms with van der Waals surface area (Å²) >= 11 is 11.7. The van der Waals surface area contributed by atoms with E-state index in [-0.39, 0.29) is 22.2 Å². The monoisotopic (exact) mass is 524 g/mol. The number of halogens is 8. The van der Waals surface area contributed by atoms with Crippen LogP contribution in [0.15, 0.2) is 36.9 Å². The molecule has 1 aromatic carbocycles. The fraction of sp³-hybridized carbons (Fsp3) is 0.263. The number of hydrogen-bond donors (Lipinski definition) is 1. The van der Waals surface area contributed by atoms with E-state index in [9.17, 15) is 26.3 Å². The predicted octanol–water partition coefficient (Wildman–Crippen LogP) is 5.28. The average Bonchev–Trinajstić information content (AvgIpc) is 3.42. The van der Waals surface area contributed by atoms with Crippen LogP contribution in [0.3, 0.4) is 0 Å². The van der Waals surface area contributed by atoms with Crippen molar-refractivity contribution in [3.05, 3.63) is 69.8 Å². The number of hydroxylamine groups is 1. The molecule has 0 spiro atoms. The van der Waals surface area contributed by atoms with Crippen molar-refractivity contribution in [2.24, 2.45) is 0 Å². The Labute approximate surface area is 197 Å². The number of aromatic nitrogens is 5. The molecule has 15 heteroatoms. The third kappa shape index (κ3) is 4.18. The molecule has 0 saturated carbocycles. The van der Waals surface area contributed by atoms with Gasteiger partial charge < -0.3 is 0 Å². The lowest BCUT2D eigenvalue weighted by molar-refractivity contribution is -0.269. The molecule has 1 aliphatic rings. The SMILES string of the molecule is CCc1nc(C2=CC(c3cc(Cl)cc(Cl)c3)(C(F)(F)F)ON2)nc(C(F)(F)F)c1-n1cncn1. The molecule has 2 aromatic heterocycles. The normalized spacial score (nSPS) is 18.7. The summed E-state index contributed by atoms with van der Waals surface area (Å²) in [7, 11) is 0. The Morgan fingerprint density at radius 1 is 1.06 bits per heavy atom. The molecule has 1 unspecified atom stereocenters. The first kappa shape index (κ1) is 24.2. The van der Waals surface area contributed by atoms with Gasteiger partial charge in [0.2, 0.25) is 5.60 Å². The van der Waals surface area contributed by atoms with Gasteiger partial charge in [0.05, 0.1) is 5.69 Å². The van der Waals surface area contributed by atoms with Crippen LogP contribution in [0.5, 0.6) is 0 Å². The van der Waals surface area contributed by atoms with Crippen molar-refractivity contribution >= 4 is 28.9 Å². The van der Waals surface area contributed by atoms with Gasteiger partial charge in [-0.2, -0.15) is 31.4 Å². The summed E-state index contributed by atoms with van der Waals surface area (Å²) in [5.74, 6) is -0.660. The maximum atomic E-state index is 14.2. The van der Waals surface area contributed by atoms with Crippen molar-refractivity contribution in [3.63, 3.8) is 0 Å². The highest BCUT2D eigenvalue weighted by atomic mass is 35.5. The first-order chi connectivity index (χ1) is 15.9. The van der Waals surface area contributed by atoms with E-state index >= 15 is 0 Å². The van der Waals surface area contributed by atoms with E-state index in [2.05, 4.69) is 20.1 Å². The molecule has 3 aromatic rings. The summed E-state index contributed by atoms with van der Waals surface area (Å²) in [6, 6.07) is 3.18. The first-order valence-electron chi connectivity index (χ1n) is 9.39. The fourth-order valence-corrected chi connectivity index (χ4v) is 3.88. The van der Waals surface area contributed by atoms with Gasteiger partial charge in [-0.05, 0) is 30.7 Å². The van der Waals surface area contributed by atoms with Crippen LogP contribution in [0.1, 0.15) is 29.7 Å². The predicted molar refractivity (Wildman–Crippen MR) is 108 cm³/mol. The number of aryl methyl sites for hydroxylation is 1. The molecule has 4 rings (SSSR count). The summed E-state index contributed by atoms with van der Waals surface area (Å²) in [6.07, 6.45) is -7.46. The quantitative estimate of drug-likeness (QED) is 0.468. The van der Waals surface area contributed by atoms with Crippen molar-refractivity contribution in [2.75, 3.05) is 0 Å². The summed E-state index contributed by atoms with van der Waals surface area (Å²) in [5.41, 5.74) is -4.13. The van der Waals surface area contributed by atoms with Gasteiger partial charge in [-0.3, -0.25) is 10.3 Å². The zero-order chi connectivity index (χ0) is 24.9. The highest BCUT2D eigenvalue weighted by Crippen LogP contribution is 2.48. The lowest BCUT2D eigenvalue weighted by Crippen LogP contribution is -2.42. The molecular weight excluding hydrogens is 513 g/mol. The van der Waals surface area contributed by atoms with Crippen molar-refractivity contribution < 1.29 is 31.2 Å². The molecular formula is C19H12Cl2F6N6O. The van der Waals surface area contributed by atoms with E-state index < -0.39 is 46.4 Å². The molecule has 180 valence electrons. The molecule has 1 N–H and O–H groups in total. The maximum Gasteiger partial charge on any atom is 0.435 e. The molecule has 0 amide bonds. The molecule has 3 heterocycles. The Balaban J connectivity index is 1.93. The summed E-state index contributed by atoms with van der Waals surface area (Å²) in [4.78, 5) is 16.1. The van der Waals surface area contributed by atoms with E-state index in [1.807, 2.05) is 5.48 Å². The van der Waals surface area contributed by atoms with Gasteiger partial charge in [0.1, 0.15) is 24.0 Å². The van der Waals surface area contributed by atoms with Crippen LogP contribution in [-0.2, 0) is 23.0 Å². The van der Waals surface area contributed by atoms with E-state index in [1.54, 1.807) is 0 Å². The van der Waals surface area contributed by atoms with E-state index in [0.717, 1.165) is 29.5 Å². The first-order valence-corrected chi connectivity index (χ1v) is 10.1. The van der Waals surface area contributed by atoms with Gasteiger partial charge in [0, 0.05) is 15.6 Å². The number of nitrogens with zero attached hydrogens (tertiary/aromatic N) is 5. The molecule has 0 aliphatic carbocycles. The Morgan fingerprint density at radius 2 is 1.74 bits per heavy atom. The van der Waals surface area contributed by atoms with Crippen molar-refractivity contribution in [1.82, 2.24) is 30.2 Å². The Kier molecular flexibility index (Phi) is 5.98. The van der Waals surface area contributed by atoms with Gasteiger partial charge in [0.25, 0.3) is 0 Å². The highest BCUT2D eigenvalue weighted by Gasteiger charge is 2.60. The zero-order valence-corrected chi connectivity index (χ0v) is 18.4. The number of rotatable bonds is 4. The van der Waals surface area contributed by atoms with Gasteiger partial charge in [-0.15, -0.1) is 0 Å². The standard InChI is InChI=1S/C19H12Cl2F6N6O/c1-2-12-14(33-8-28-7-29-33)15(18(22,23)24)31-16(30-12)13-6-17(34-32-13,19(25,26)27)9-3-10(20)5-11(21)4-9/h3-8,32H,2H2,1H3. The fourth-order valence-electron chi connectivity index (χ4n) is 3.35. The minimum Gasteiger partial charge on any atom is -0.262 e. The minimum absolute atomic E-state index is 0.0176. The van der Waals surface area contributed by atoms with Gasteiger partial charge >= 0.3 is 12.4 Å². The molecule has 0 fully saturated rings. The van der Waals surface area contributed by atoms with Crippen LogP contribution in [0, 0.1) is 0 Å². The van der Waals surface area contributed by atoms with Gasteiger partial charge in [-0.1, -0.05) is 30.1 Å². The number of benzene rings is 1. The summed E-state index contributed by atoms with van der Waals surface area (Å²) < 4.78 is 85.0. The van der Waals surface area contributed by atoms with E-state index in [4.69, 9.17) is 28.0 Å². The second-order valence-corrected chi connectivity index (χ2v) is 7.91. The topological polar surface area (TPSA) is 77.8 Å². The van der Waals surface area contributed by atoms with Crippen LogP contribution in [0.4, 0.5) is 26.3 Å². The van der Waals surface area contributed by atoms with Gasteiger partial charge in [0.15, 0.2) is 11.5 Å². The van der Waals surface area contributed by atoms with Crippen molar-refractivity contribution in [3.8, 4) is 5.69 Å². The lowest BCUT2D eigenvalue weighted by atomic mass is 9.92. The molecule has 1 atom stereocenters. The molecule has 0 bridgehead atoms. The smallest absolute Gasteiger partial charge is 0.262 e. The van der Waals surface area contributed by atoms with Crippen molar-refractivity contribution in [1.29, 1.82) is 0 Å². The van der Waals surface area contributed by atoms with Crippen LogP contribution in [-0.4, -0.2) is 30.9 Å². The van der Waals surface area contributed by atoms with E-state index in [1.165, 1.54) is 13.0 Å². The average molecular weight is 525 g/mol. The maximum absolute atomic E-state index is 14.2. The van der Waals surface area contributed by atoms with Crippen LogP contribution in [0.2, 0.25) is 10.0 Å². The number of hydrogen-bond acceptors (Lipinski definition) is 6. The Bertz CT molecular complexity index is 1240. The third-order valence-corrected chi connectivity index (χ3v) is 5.27. The number of alkyl halides is 6. The largest absolute Gasteiger partial charge is 0.435 e. The lowest BCUT2D eigenvalue weighted by Gasteiger charge is -2.28. The zero-order valence-electron chi connectivity index (χ0n) is 16.8. The van der Waals surface area contributed by atoms with Crippen LogP contribution >= 0.6 is 23.2 Å². The Morgan fingerprint density at radius 3 is 2.26 bits per heavy atom. The van der Waals surface area contributed by atoms with Crippen molar-refractivity contribution in [2.45, 2.75) is 31.3 Å². The van der Waals surface area contributed by atoms with Crippen LogP contribution < -0.4 is 5.48 Å². The molecule has 0 saturated heterocycles. The Hall–Kier alpha value is -2.90. The third-order valence-electron chi connectivity index (χ3n) is 4.83. The molecule has 0 radical (unpaired) electrons.